The first-order valence-corrected chi connectivity index (χ1v) is 8.02. The smallest absolute Gasteiger partial charge is 0.122 e. The zero-order chi connectivity index (χ0) is 12.6. The molecule has 0 saturated heterocycles. The molecule has 1 atom stereocenters. The van der Waals surface area contributed by atoms with E-state index in [1.807, 2.05) is 6.07 Å². The number of hydrogen-bond acceptors (Lipinski definition) is 2. The number of unbranched alkanes of at least 4 members (excludes halogenated alkanes) is 3. The normalized spacial score (nSPS) is 17.5. The summed E-state index contributed by atoms with van der Waals surface area (Å²) in [6.07, 6.45) is 5.24. The van der Waals surface area contributed by atoms with Crippen molar-refractivity contribution >= 4 is 15.9 Å². The molecule has 1 heterocycles. The molecular weight excluding hydrogens is 290 g/mol. The number of rotatable bonds is 8. The highest BCUT2D eigenvalue weighted by atomic mass is 79.9. The lowest BCUT2D eigenvalue weighted by molar-refractivity contribution is 0.326. The van der Waals surface area contributed by atoms with Crippen LogP contribution in [-0.4, -0.2) is 25.0 Å². The fourth-order valence-corrected chi connectivity index (χ4v) is 2.77. The minimum Gasteiger partial charge on any atom is -0.493 e. The van der Waals surface area contributed by atoms with Gasteiger partial charge >= 0.3 is 0 Å². The molecule has 0 spiro atoms. The maximum Gasteiger partial charge on any atom is 0.122 e. The predicted molar refractivity (Wildman–Crippen MR) is 79.8 cm³/mol. The number of ether oxygens (including phenoxy) is 1. The number of hydrogen-bond donors (Lipinski definition) is 1. The fraction of sp³-hybridized carbons (Fsp3) is 0.600. The van der Waals surface area contributed by atoms with Crippen LogP contribution in [-0.2, 0) is 0 Å². The van der Waals surface area contributed by atoms with Crippen molar-refractivity contribution in [3.63, 3.8) is 0 Å². The summed E-state index contributed by atoms with van der Waals surface area (Å²) in [4.78, 5) is 0. The van der Waals surface area contributed by atoms with Crippen molar-refractivity contribution in [1.29, 1.82) is 0 Å². The zero-order valence-corrected chi connectivity index (χ0v) is 12.4. The van der Waals surface area contributed by atoms with Gasteiger partial charge in [0.15, 0.2) is 0 Å². The molecule has 1 aliphatic heterocycles. The van der Waals surface area contributed by atoms with Crippen LogP contribution in [0, 0.1) is 0 Å². The summed E-state index contributed by atoms with van der Waals surface area (Å²) < 4.78 is 5.68. The van der Waals surface area contributed by atoms with Crippen molar-refractivity contribution in [2.24, 2.45) is 0 Å². The van der Waals surface area contributed by atoms with Gasteiger partial charge in [-0.2, -0.15) is 0 Å². The van der Waals surface area contributed by atoms with Crippen molar-refractivity contribution in [3.8, 4) is 5.75 Å². The molecular formula is C15H22BrNO. The van der Waals surface area contributed by atoms with Crippen molar-refractivity contribution in [2.75, 3.05) is 25.0 Å². The zero-order valence-electron chi connectivity index (χ0n) is 10.8. The Morgan fingerprint density at radius 3 is 2.89 bits per heavy atom. The number of para-hydroxylation sites is 1. The summed E-state index contributed by atoms with van der Waals surface area (Å²) in [6, 6.07) is 8.39. The molecule has 0 radical (unpaired) electrons. The van der Waals surface area contributed by atoms with Gasteiger partial charge in [0, 0.05) is 23.4 Å². The molecule has 2 nitrogen and oxygen atoms in total. The van der Waals surface area contributed by atoms with Crippen molar-refractivity contribution in [2.45, 2.75) is 31.6 Å². The molecule has 1 aromatic carbocycles. The summed E-state index contributed by atoms with van der Waals surface area (Å²) in [7, 11) is 0. The Morgan fingerprint density at radius 1 is 1.17 bits per heavy atom. The summed E-state index contributed by atoms with van der Waals surface area (Å²) in [5.74, 6) is 1.60. The van der Waals surface area contributed by atoms with Crippen molar-refractivity contribution in [3.05, 3.63) is 29.8 Å². The van der Waals surface area contributed by atoms with Gasteiger partial charge in [0.05, 0.1) is 6.61 Å². The van der Waals surface area contributed by atoms with Crippen LogP contribution >= 0.6 is 15.9 Å². The van der Waals surface area contributed by atoms with Gasteiger partial charge < -0.3 is 10.1 Å². The number of alkyl halides is 1. The van der Waals surface area contributed by atoms with Gasteiger partial charge in [-0.3, -0.25) is 0 Å². The molecule has 0 saturated carbocycles. The Balaban J connectivity index is 1.61. The molecule has 0 fully saturated rings. The topological polar surface area (TPSA) is 21.3 Å². The van der Waals surface area contributed by atoms with Gasteiger partial charge in [-0.1, -0.05) is 47.0 Å². The van der Waals surface area contributed by atoms with Gasteiger partial charge in [0.1, 0.15) is 5.75 Å². The first-order valence-electron chi connectivity index (χ1n) is 6.90. The predicted octanol–water partition coefficient (Wildman–Crippen LogP) is 3.71. The second kappa shape index (κ2) is 7.80. The van der Waals surface area contributed by atoms with E-state index in [0.717, 1.165) is 30.8 Å². The molecule has 100 valence electrons. The van der Waals surface area contributed by atoms with E-state index in [2.05, 4.69) is 39.4 Å². The highest BCUT2D eigenvalue weighted by Gasteiger charge is 2.22. The van der Waals surface area contributed by atoms with Crippen LogP contribution in [0.2, 0.25) is 0 Å². The third kappa shape index (κ3) is 3.99. The number of nitrogens with one attached hydrogen (secondary N) is 1. The Bertz CT molecular complexity index is 356. The summed E-state index contributed by atoms with van der Waals surface area (Å²) in [6.45, 7) is 2.99. The summed E-state index contributed by atoms with van der Waals surface area (Å²) in [5, 5.41) is 4.69. The monoisotopic (exact) mass is 311 g/mol. The molecule has 0 aromatic heterocycles. The van der Waals surface area contributed by atoms with E-state index in [9.17, 15) is 0 Å². The highest BCUT2D eigenvalue weighted by molar-refractivity contribution is 9.09. The lowest BCUT2D eigenvalue weighted by Gasteiger charge is -2.10. The summed E-state index contributed by atoms with van der Waals surface area (Å²) in [5.41, 5.74) is 1.37. The molecule has 0 aliphatic carbocycles. The minimum absolute atomic E-state index is 0.531. The summed E-state index contributed by atoms with van der Waals surface area (Å²) >= 11 is 3.46. The van der Waals surface area contributed by atoms with Crippen LogP contribution < -0.4 is 10.1 Å². The van der Waals surface area contributed by atoms with Crippen LogP contribution in [0.15, 0.2) is 24.3 Å². The lowest BCUT2D eigenvalue weighted by Crippen LogP contribution is -2.23. The quantitative estimate of drug-likeness (QED) is 0.584. The van der Waals surface area contributed by atoms with Crippen LogP contribution in [0.1, 0.15) is 37.2 Å². The van der Waals surface area contributed by atoms with Gasteiger partial charge in [0.25, 0.3) is 0 Å². The number of benzene rings is 1. The molecule has 1 N–H and O–H groups in total. The molecule has 3 heteroatoms. The van der Waals surface area contributed by atoms with Gasteiger partial charge in [-0.05, 0) is 25.5 Å². The fourth-order valence-electron chi connectivity index (χ4n) is 2.37. The molecule has 2 rings (SSSR count). The highest BCUT2D eigenvalue weighted by Crippen LogP contribution is 2.32. The van der Waals surface area contributed by atoms with Crippen LogP contribution in [0.25, 0.3) is 0 Å². The molecule has 1 unspecified atom stereocenters. The van der Waals surface area contributed by atoms with Crippen molar-refractivity contribution in [1.82, 2.24) is 5.32 Å². The SMILES string of the molecule is BrCCCCCCNCC1COc2ccccc21. The van der Waals surface area contributed by atoms with E-state index in [1.54, 1.807) is 0 Å². The lowest BCUT2D eigenvalue weighted by atomic mass is 10.0. The Kier molecular flexibility index (Phi) is 6.01. The third-order valence-electron chi connectivity index (χ3n) is 3.43. The number of halogens is 1. The average molecular weight is 312 g/mol. The maximum atomic E-state index is 5.68. The molecule has 0 bridgehead atoms. The van der Waals surface area contributed by atoms with E-state index in [4.69, 9.17) is 4.74 Å². The second-order valence-electron chi connectivity index (χ2n) is 4.85. The van der Waals surface area contributed by atoms with E-state index >= 15 is 0 Å². The van der Waals surface area contributed by atoms with Crippen LogP contribution in [0.3, 0.4) is 0 Å². The van der Waals surface area contributed by atoms with E-state index in [1.165, 1.54) is 31.2 Å². The van der Waals surface area contributed by atoms with E-state index < -0.39 is 0 Å². The second-order valence-corrected chi connectivity index (χ2v) is 5.65. The van der Waals surface area contributed by atoms with E-state index in [0.29, 0.717) is 5.92 Å². The molecule has 1 aromatic rings. The van der Waals surface area contributed by atoms with Crippen molar-refractivity contribution < 1.29 is 4.74 Å². The maximum absolute atomic E-state index is 5.68. The van der Waals surface area contributed by atoms with Gasteiger partial charge in [0.2, 0.25) is 0 Å². The molecule has 1 aliphatic rings. The number of fused-ring (bicyclic) bond motifs is 1. The van der Waals surface area contributed by atoms with Gasteiger partial charge in [-0.25, -0.2) is 0 Å². The third-order valence-corrected chi connectivity index (χ3v) is 3.99. The van der Waals surface area contributed by atoms with Crippen LogP contribution in [0.4, 0.5) is 0 Å². The Hall–Kier alpha value is -0.540. The first kappa shape index (κ1) is 13.9. The Labute approximate surface area is 118 Å². The first-order chi connectivity index (χ1) is 8.92. The molecule has 0 amide bonds. The van der Waals surface area contributed by atoms with E-state index in [-0.39, 0.29) is 0 Å². The molecule has 18 heavy (non-hydrogen) atoms. The standard InChI is InChI=1S/C15H22BrNO/c16-9-5-1-2-6-10-17-11-13-12-18-15-8-4-3-7-14(13)15/h3-4,7-8,13,17H,1-2,5-6,9-12H2. The van der Waals surface area contributed by atoms with Gasteiger partial charge in [-0.15, -0.1) is 0 Å². The largest absolute Gasteiger partial charge is 0.493 e. The minimum atomic E-state index is 0.531. The Morgan fingerprint density at radius 2 is 2.00 bits per heavy atom. The van der Waals surface area contributed by atoms with Crippen LogP contribution in [0.5, 0.6) is 5.75 Å². The average Bonchev–Trinajstić information content (AvgIpc) is 2.81.